The number of pyridine rings is 1. The van der Waals surface area contributed by atoms with Crippen molar-refractivity contribution in [2.75, 3.05) is 11.9 Å². The van der Waals surface area contributed by atoms with Crippen molar-refractivity contribution in [2.24, 2.45) is 0 Å². The van der Waals surface area contributed by atoms with Crippen LogP contribution in [0.4, 0.5) is 5.82 Å². The van der Waals surface area contributed by atoms with E-state index >= 15 is 0 Å². The number of rotatable bonds is 4. The van der Waals surface area contributed by atoms with Crippen LogP contribution >= 0.6 is 23.2 Å². The van der Waals surface area contributed by atoms with Crippen LogP contribution in [0.2, 0.25) is 10.0 Å². The molecule has 1 aromatic heterocycles. The third kappa shape index (κ3) is 3.35. The minimum absolute atomic E-state index is 0.343. The summed E-state index contributed by atoms with van der Waals surface area (Å²) in [4.78, 5) is 4.31. The predicted molar refractivity (Wildman–Crippen MR) is 84.4 cm³/mol. The molecule has 1 N–H and O–H groups in total. The molecule has 5 heteroatoms. The van der Waals surface area contributed by atoms with Gasteiger partial charge < -0.3 is 10.1 Å². The van der Waals surface area contributed by atoms with E-state index in [1.807, 2.05) is 32.0 Å². The van der Waals surface area contributed by atoms with E-state index in [0.717, 1.165) is 12.1 Å². The van der Waals surface area contributed by atoms with Crippen molar-refractivity contribution in [1.29, 1.82) is 0 Å². The monoisotopic (exact) mass is 310 g/mol. The first-order valence-corrected chi connectivity index (χ1v) is 7.12. The Morgan fingerprint density at radius 1 is 1.10 bits per heavy atom. The zero-order chi connectivity index (χ0) is 14.7. The van der Waals surface area contributed by atoms with Crippen LogP contribution in [0.3, 0.4) is 0 Å². The quantitative estimate of drug-likeness (QED) is 0.839. The second kappa shape index (κ2) is 6.33. The number of nitrogens with zero attached hydrogens (tertiary/aromatic N) is 1. The van der Waals surface area contributed by atoms with Crippen LogP contribution in [0.25, 0.3) is 0 Å². The van der Waals surface area contributed by atoms with Gasteiger partial charge in [0, 0.05) is 6.54 Å². The van der Waals surface area contributed by atoms with Gasteiger partial charge >= 0.3 is 0 Å². The van der Waals surface area contributed by atoms with Crippen LogP contribution in [0, 0.1) is 13.8 Å². The van der Waals surface area contributed by atoms with E-state index in [-0.39, 0.29) is 0 Å². The van der Waals surface area contributed by atoms with E-state index in [1.165, 1.54) is 5.56 Å². The molecule has 1 aromatic carbocycles. The Bertz CT molecular complexity index is 630. The molecular weight excluding hydrogens is 295 g/mol. The fourth-order valence-electron chi connectivity index (χ4n) is 1.70. The highest BCUT2D eigenvalue weighted by Gasteiger charge is 2.11. The summed E-state index contributed by atoms with van der Waals surface area (Å²) in [7, 11) is 0. The highest BCUT2D eigenvalue weighted by Crippen LogP contribution is 2.33. The number of halogens is 2. The average molecular weight is 311 g/mol. The average Bonchev–Trinajstić information content (AvgIpc) is 2.39. The Labute approximate surface area is 128 Å². The molecule has 0 aliphatic heterocycles. The summed E-state index contributed by atoms with van der Waals surface area (Å²) >= 11 is 12.2. The van der Waals surface area contributed by atoms with Crippen LogP contribution in [-0.2, 0) is 0 Å². The molecule has 0 spiro atoms. The van der Waals surface area contributed by atoms with E-state index in [9.17, 15) is 0 Å². The number of ether oxygens (including phenoxy) is 1. The lowest BCUT2D eigenvalue weighted by Crippen LogP contribution is -2.01. The number of aryl methyl sites for hydroxylation is 2. The van der Waals surface area contributed by atoms with Crippen molar-refractivity contribution < 1.29 is 4.74 Å². The maximum atomic E-state index is 6.12. The third-order valence-corrected chi connectivity index (χ3v) is 3.49. The normalized spacial score (nSPS) is 10.4. The Balaban J connectivity index is 2.32. The lowest BCUT2D eigenvalue weighted by atomic mass is 10.1. The number of nitrogens with one attached hydrogen (secondary N) is 1. The first kappa shape index (κ1) is 14.9. The van der Waals surface area contributed by atoms with E-state index in [4.69, 9.17) is 27.9 Å². The fourth-order valence-corrected chi connectivity index (χ4v) is 2.17. The lowest BCUT2D eigenvalue weighted by Gasteiger charge is -2.11. The summed E-state index contributed by atoms with van der Waals surface area (Å²) < 4.78 is 5.75. The number of hydrogen-bond acceptors (Lipinski definition) is 3. The minimum Gasteiger partial charge on any atom is -0.437 e. The minimum atomic E-state index is 0.343. The zero-order valence-corrected chi connectivity index (χ0v) is 13.1. The molecule has 106 valence electrons. The number of aromatic nitrogens is 1. The van der Waals surface area contributed by atoms with E-state index < -0.39 is 0 Å². The molecule has 0 unspecified atom stereocenters. The van der Waals surface area contributed by atoms with Crippen molar-refractivity contribution >= 4 is 29.0 Å². The van der Waals surface area contributed by atoms with Crippen molar-refractivity contribution in [2.45, 2.75) is 20.8 Å². The van der Waals surface area contributed by atoms with Crippen LogP contribution in [0.5, 0.6) is 11.6 Å². The standard InChI is InChI=1S/C15H16Cl2N2O/c1-4-18-14-12(16)8-13(17)15(19-14)20-11-6-5-9(2)10(3)7-11/h5-8H,4H2,1-3H3,(H,18,19). The van der Waals surface area contributed by atoms with Gasteiger partial charge in [0.05, 0.1) is 5.02 Å². The number of benzene rings is 1. The van der Waals surface area contributed by atoms with E-state index in [0.29, 0.717) is 27.5 Å². The number of hydrogen-bond donors (Lipinski definition) is 1. The Hall–Kier alpha value is -1.45. The topological polar surface area (TPSA) is 34.2 Å². The smallest absolute Gasteiger partial charge is 0.240 e. The van der Waals surface area contributed by atoms with Crippen LogP contribution in [-0.4, -0.2) is 11.5 Å². The maximum Gasteiger partial charge on any atom is 0.240 e. The van der Waals surface area contributed by atoms with Crippen molar-refractivity contribution in [3.8, 4) is 11.6 Å². The third-order valence-electron chi connectivity index (χ3n) is 2.93. The van der Waals surface area contributed by atoms with Gasteiger partial charge in [0.1, 0.15) is 16.6 Å². The highest BCUT2D eigenvalue weighted by molar-refractivity contribution is 6.36. The van der Waals surface area contributed by atoms with Crippen molar-refractivity contribution in [1.82, 2.24) is 4.98 Å². The summed E-state index contributed by atoms with van der Waals surface area (Å²) in [6.45, 7) is 6.77. The van der Waals surface area contributed by atoms with Gasteiger partial charge in [0.25, 0.3) is 0 Å². The molecule has 0 atom stereocenters. The van der Waals surface area contributed by atoms with Gasteiger partial charge in [-0.05, 0) is 50.1 Å². The second-order valence-electron chi connectivity index (χ2n) is 4.48. The summed E-state index contributed by atoms with van der Waals surface area (Å²) in [5.74, 6) is 1.61. The van der Waals surface area contributed by atoms with Crippen LogP contribution in [0.1, 0.15) is 18.1 Å². The van der Waals surface area contributed by atoms with Gasteiger partial charge in [0.15, 0.2) is 0 Å². The largest absolute Gasteiger partial charge is 0.437 e. The van der Waals surface area contributed by atoms with Crippen LogP contribution < -0.4 is 10.1 Å². The Morgan fingerprint density at radius 2 is 1.85 bits per heavy atom. The van der Waals surface area contributed by atoms with Gasteiger partial charge in [-0.3, -0.25) is 0 Å². The summed E-state index contributed by atoms with van der Waals surface area (Å²) in [5.41, 5.74) is 2.36. The molecule has 1 heterocycles. The van der Waals surface area contributed by atoms with E-state index in [1.54, 1.807) is 6.07 Å². The molecule has 0 bridgehead atoms. The number of anilines is 1. The molecule has 20 heavy (non-hydrogen) atoms. The zero-order valence-electron chi connectivity index (χ0n) is 11.6. The SMILES string of the molecule is CCNc1nc(Oc2ccc(C)c(C)c2)c(Cl)cc1Cl. The molecule has 0 fully saturated rings. The molecule has 0 amide bonds. The Kier molecular flexibility index (Phi) is 4.73. The maximum absolute atomic E-state index is 6.12. The van der Waals surface area contributed by atoms with E-state index in [2.05, 4.69) is 17.2 Å². The van der Waals surface area contributed by atoms with Crippen molar-refractivity contribution in [3.05, 3.63) is 45.4 Å². The molecule has 3 nitrogen and oxygen atoms in total. The molecule has 2 rings (SSSR count). The summed E-state index contributed by atoms with van der Waals surface area (Å²) in [5, 5.41) is 3.93. The molecule has 2 aromatic rings. The van der Waals surface area contributed by atoms with Crippen molar-refractivity contribution in [3.63, 3.8) is 0 Å². The van der Waals surface area contributed by atoms with Gasteiger partial charge in [0.2, 0.25) is 5.88 Å². The summed E-state index contributed by atoms with van der Waals surface area (Å²) in [6, 6.07) is 7.47. The van der Waals surface area contributed by atoms with Gasteiger partial charge in [-0.2, -0.15) is 4.98 Å². The highest BCUT2D eigenvalue weighted by atomic mass is 35.5. The molecule has 0 aliphatic rings. The van der Waals surface area contributed by atoms with Crippen LogP contribution in [0.15, 0.2) is 24.3 Å². The van der Waals surface area contributed by atoms with Gasteiger partial charge in [-0.1, -0.05) is 29.3 Å². The molecule has 0 aliphatic carbocycles. The van der Waals surface area contributed by atoms with Gasteiger partial charge in [-0.15, -0.1) is 0 Å². The molecule has 0 radical (unpaired) electrons. The summed E-state index contributed by atoms with van der Waals surface area (Å²) in [6.07, 6.45) is 0. The molecule has 0 saturated carbocycles. The first-order chi connectivity index (χ1) is 9.51. The van der Waals surface area contributed by atoms with Gasteiger partial charge in [-0.25, -0.2) is 0 Å². The second-order valence-corrected chi connectivity index (χ2v) is 5.30. The predicted octanol–water partition coefficient (Wildman–Crippen LogP) is 5.23. The first-order valence-electron chi connectivity index (χ1n) is 6.36. The fraction of sp³-hybridized carbons (Fsp3) is 0.267. The Morgan fingerprint density at radius 3 is 2.50 bits per heavy atom. The lowest BCUT2D eigenvalue weighted by molar-refractivity contribution is 0.463. The molecular formula is C15H16Cl2N2O. The molecule has 0 saturated heterocycles.